The molecule has 5 rings (SSSR count). The Kier molecular flexibility index (Phi) is 4.52. The van der Waals surface area contributed by atoms with Gasteiger partial charge in [-0.3, -0.25) is 4.79 Å². The maximum absolute atomic E-state index is 12.2. The van der Waals surface area contributed by atoms with Gasteiger partial charge < -0.3 is 20.5 Å². The van der Waals surface area contributed by atoms with Crippen molar-refractivity contribution in [2.75, 3.05) is 18.9 Å². The molecule has 1 saturated heterocycles. The maximum atomic E-state index is 12.2. The van der Waals surface area contributed by atoms with Gasteiger partial charge in [0, 0.05) is 18.0 Å². The van der Waals surface area contributed by atoms with Crippen LogP contribution in [0.2, 0.25) is 0 Å². The highest BCUT2D eigenvalue weighted by Gasteiger charge is 2.24. The smallest absolute Gasteiger partial charge is 0.251 e. The van der Waals surface area contributed by atoms with E-state index in [0.717, 1.165) is 41.3 Å². The van der Waals surface area contributed by atoms with Crippen LogP contribution in [0.5, 0.6) is 5.88 Å². The first kappa shape index (κ1) is 17.9. The second-order valence-electron chi connectivity index (χ2n) is 7.55. The van der Waals surface area contributed by atoms with E-state index >= 15 is 0 Å². The quantitative estimate of drug-likeness (QED) is 0.695. The monoisotopic (exact) mass is 390 g/mol. The molecule has 2 aromatic carbocycles. The van der Waals surface area contributed by atoms with Crippen molar-refractivity contribution in [3.8, 4) is 17.0 Å². The van der Waals surface area contributed by atoms with Crippen LogP contribution in [0.25, 0.3) is 22.0 Å². The third-order valence-corrected chi connectivity index (χ3v) is 5.24. The molecule has 29 heavy (non-hydrogen) atoms. The minimum Gasteiger partial charge on any atom is -0.471 e. The summed E-state index contributed by atoms with van der Waals surface area (Å²) in [5, 5.41) is 3.81. The summed E-state index contributed by atoms with van der Waals surface area (Å²) in [5.74, 6) is 0.645. The maximum Gasteiger partial charge on any atom is 0.251 e. The molecule has 1 aliphatic heterocycles. The Morgan fingerprint density at radius 3 is 2.59 bits per heavy atom. The predicted octanol–water partition coefficient (Wildman–Crippen LogP) is 2.94. The molecular weight excluding hydrogens is 368 g/mol. The van der Waals surface area contributed by atoms with Crippen molar-refractivity contribution in [2.24, 2.45) is 0 Å². The number of fused-ring (bicyclic) bond motifs is 1. The number of hydrogen-bond donors (Lipinski definition) is 2. The van der Waals surface area contributed by atoms with Crippen LogP contribution in [0.15, 0.2) is 42.5 Å². The molecule has 1 unspecified atom stereocenters. The number of hydrogen-bond acceptors (Lipinski definition) is 6. The number of carbonyl (C=O) groups is 1. The first-order valence-corrected chi connectivity index (χ1v) is 9.89. The second kappa shape index (κ2) is 7.33. The topological polar surface area (TPSA) is 99.4 Å². The Morgan fingerprint density at radius 1 is 1.07 bits per heavy atom. The number of anilines is 1. The van der Waals surface area contributed by atoms with Crippen LogP contribution in [-0.4, -0.2) is 41.2 Å². The summed E-state index contributed by atoms with van der Waals surface area (Å²) in [6.07, 6.45) is 2.95. The minimum atomic E-state index is -0.0274. The zero-order chi connectivity index (χ0) is 19.8. The van der Waals surface area contributed by atoms with Crippen molar-refractivity contribution in [3.05, 3.63) is 48.0 Å². The first-order valence-electron chi connectivity index (χ1n) is 9.89. The second-order valence-corrected chi connectivity index (χ2v) is 7.55. The van der Waals surface area contributed by atoms with Crippen LogP contribution in [0.4, 0.5) is 5.95 Å². The molecule has 3 aromatic rings. The fourth-order valence-corrected chi connectivity index (χ4v) is 3.46. The van der Waals surface area contributed by atoms with E-state index < -0.39 is 0 Å². The van der Waals surface area contributed by atoms with E-state index in [-0.39, 0.29) is 18.0 Å². The van der Waals surface area contributed by atoms with E-state index in [0.29, 0.717) is 30.7 Å². The lowest BCUT2D eigenvalue weighted by atomic mass is 10.0. The summed E-state index contributed by atoms with van der Waals surface area (Å²) in [5.41, 5.74) is 9.26. The molecule has 2 fully saturated rings. The van der Waals surface area contributed by atoms with Gasteiger partial charge in [0.1, 0.15) is 6.10 Å². The number of carbonyl (C=O) groups excluding carboxylic acids is 1. The summed E-state index contributed by atoms with van der Waals surface area (Å²) >= 11 is 0. The Hall–Kier alpha value is -3.19. The van der Waals surface area contributed by atoms with E-state index in [9.17, 15) is 4.79 Å². The largest absolute Gasteiger partial charge is 0.471 e. The lowest BCUT2D eigenvalue weighted by Crippen LogP contribution is -2.25. The summed E-state index contributed by atoms with van der Waals surface area (Å²) < 4.78 is 11.4. The van der Waals surface area contributed by atoms with Crippen LogP contribution >= 0.6 is 0 Å². The molecule has 1 aromatic heterocycles. The van der Waals surface area contributed by atoms with Gasteiger partial charge in [-0.05, 0) is 48.2 Å². The highest BCUT2D eigenvalue weighted by molar-refractivity contribution is 5.95. The molecule has 1 aliphatic carbocycles. The molecule has 7 nitrogen and oxygen atoms in total. The molecule has 2 aliphatic rings. The van der Waals surface area contributed by atoms with Crippen LogP contribution in [-0.2, 0) is 4.74 Å². The molecule has 1 amide bonds. The summed E-state index contributed by atoms with van der Waals surface area (Å²) in [6.45, 7) is 1.24. The Balaban J connectivity index is 1.45. The summed E-state index contributed by atoms with van der Waals surface area (Å²) in [6, 6.07) is 13.8. The molecule has 0 bridgehead atoms. The van der Waals surface area contributed by atoms with E-state index in [1.165, 1.54) is 0 Å². The third-order valence-electron chi connectivity index (χ3n) is 5.24. The number of nitrogens with two attached hydrogens (primary N) is 1. The normalized spacial score (nSPS) is 18.7. The Morgan fingerprint density at radius 2 is 1.86 bits per heavy atom. The lowest BCUT2D eigenvalue weighted by Gasteiger charge is -2.14. The molecule has 0 radical (unpaired) electrons. The van der Waals surface area contributed by atoms with Crippen molar-refractivity contribution in [2.45, 2.75) is 31.4 Å². The first-order chi connectivity index (χ1) is 14.2. The third kappa shape index (κ3) is 3.86. The summed E-state index contributed by atoms with van der Waals surface area (Å²) in [4.78, 5) is 20.8. The van der Waals surface area contributed by atoms with E-state index in [2.05, 4.69) is 15.3 Å². The van der Waals surface area contributed by atoms with Gasteiger partial charge in [-0.1, -0.05) is 18.2 Å². The molecule has 1 atom stereocenters. The van der Waals surface area contributed by atoms with Gasteiger partial charge in [-0.25, -0.2) is 4.98 Å². The van der Waals surface area contributed by atoms with E-state index in [4.69, 9.17) is 15.2 Å². The number of amides is 1. The molecule has 7 heteroatoms. The Labute approximate surface area is 168 Å². The zero-order valence-corrected chi connectivity index (χ0v) is 15.9. The number of nitrogen functional groups attached to an aromatic ring is 1. The number of aromatic nitrogens is 2. The molecule has 148 valence electrons. The SMILES string of the molecule is Nc1nc(OC2CCOC2)c2cc(-c3ccc(C(=O)NC4CC4)cc3)ccc2n1. The predicted molar refractivity (Wildman–Crippen MR) is 110 cm³/mol. The van der Waals surface area contributed by atoms with E-state index in [1.54, 1.807) is 0 Å². The number of rotatable bonds is 5. The van der Waals surface area contributed by atoms with Crippen molar-refractivity contribution < 1.29 is 14.3 Å². The fraction of sp³-hybridized carbons (Fsp3) is 0.318. The average Bonchev–Trinajstić information content (AvgIpc) is 3.39. The van der Waals surface area contributed by atoms with Crippen LogP contribution < -0.4 is 15.8 Å². The number of nitrogens with one attached hydrogen (secondary N) is 1. The van der Waals surface area contributed by atoms with Gasteiger partial charge >= 0.3 is 0 Å². The van der Waals surface area contributed by atoms with Crippen LogP contribution in [0, 0.1) is 0 Å². The van der Waals surface area contributed by atoms with Gasteiger partial charge in [0.05, 0.1) is 24.1 Å². The van der Waals surface area contributed by atoms with Gasteiger partial charge in [-0.2, -0.15) is 4.98 Å². The van der Waals surface area contributed by atoms with Gasteiger partial charge in [0.2, 0.25) is 11.8 Å². The number of ether oxygens (including phenoxy) is 2. The number of benzene rings is 2. The van der Waals surface area contributed by atoms with E-state index in [1.807, 2.05) is 42.5 Å². The molecule has 2 heterocycles. The van der Waals surface area contributed by atoms with Crippen molar-refractivity contribution in [1.29, 1.82) is 0 Å². The molecule has 1 saturated carbocycles. The standard InChI is InChI=1S/C22H22N4O3/c23-22-25-19-8-5-15(11-18(19)21(26-22)29-17-9-10-28-12-17)13-1-3-14(4-2-13)20(27)24-16-6-7-16/h1-5,8,11,16-17H,6-7,9-10,12H2,(H,24,27)(H2,23,25,26). The van der Waals surface area contributed by atoms with Crippen molar-refractivity contribution >= 4 is 22.8 Å². The highest BCUT2D eigenvalue weighted by atomic mass is 16.5. The van der Waals surface area contributed by atoms with Gasteiger partial charge in [0.25, 0.3) is 5.91 Å². The lowest BCUT2D eigenvalue weighted by molar-refractivity contribution is 0.0951. The summed E-state index contributed by atoms with van der Waals surface area (Å²) in [7, 11) is 0. The van der Waals surface area contributed by atoms with Gasteiger partial charge in [-0.15, -0.1) is 0 Å². The Bertz CT molecular complexity index is 1060. The molecular formula is C22H22N4O3. The number of nitrogens with zero attached hydrogens (tertiary/aromatic N) is 2. The molecule has 3 N–H and O–H groups in total. The highest BCUT2D eigenvalue weighted by Crippen LogP contribution is 2.30. The minimum absolute atomic E-state index is 0.0177. The zero-order valence-electron chi connectivity index (χ0n) is 15.9. The average molecular weight is 390 g/mol. The van der Waals surface area contributed by atoms with Gasteiger partial charge in [0.15, 0.2) is 0 Å². The fourth-order valence-electron chi connectivity index (χ4n) is 3.46. The van der Waals surface area contributed by atoms with Crippen molar-refractivity contribution in [1.82, 2.24) is 15.3 Å². The van der Waals surface area contributed by atoms with Crippen LogP contribution in [0.1, 0.15) is 29.6 Å². The molecule has 0 spiro atoms. The van der Waals surface area contributed by atoms with Crippen molar-refractivity contribution in [3.63, 3.8) is 0 Å². The van der Waals surface area contributed by atoms with Crippen LogP contribution in [0.3, 0.4) is 0 Å².